The summed E-state index contributed by atoms with van der Waals surface area (Å²) in [7, 11) is 0. The molecule has 14 heavy (non-hydrogen) atoms. The Kier molecular flexibility index (Phi) is 6.20. The molecule has 0 aliphatic carbocycles. The average Bonchev–Trinajstić information content (AvgIpc) is 2.20. The SMILES string of the molecule is SCCCCC(S)Cc1ccccc1. The van der Waals surface area contributed by atoms with Crippen LogP contribution in [0.5, 0.6) is 0 Å². The number of hydrogen-bond donors (Lipinski definition) is 2. The topological polar surface area (TPSA) is 0 Å². The van der Waals surface area contributed by atoms with Gasteiger partial charge in [0.2, 0.25) is 0 Å². The summed E-state index contributed by atoms with van der Waals surface area (Å²) in [5, 5.41) is 0.497. The highest BCUT2D eigenvalue weighted by molar-refractivity contribution is 7.81. The van der Waals surface area contributed by atoms with Crippen molar-refractivity contribution in [1.82, 2.24) is 0 Å². The van der Waals surface area contributed by atoms with E-state index in [1.54, 1.807) is 0 Å². The lowest BCUT2D eigenvalue weighted by Gasteiger charge is -2.09. The van der Waals surface area contributed by atoms with Gasteiger partial charge in [0.05, 0.1) is 0 Å². The molecule has 1 aromatic rings. The molecule has 78 valence electrons. The molecule has 0 nitrogen and oxygen atoms in total. The number of hydrogen-bond acceptors (Lipinski definition) is 2. The molecule has 0 saturated carbocycles. The van der Waals surface area contributed by atoms with E-state index in [1.165, 1.54) is 24.8 Å². The molecule has 0 spiro atoms. The Morgan fingerprint density at radius 1 is 1.07 bits per heavy atom. The molecule has 0 amide bonds. The Labute approximate surface area is 97.9 Å². The maximum absolute atomic E-state index is 4.59. The van der Waals surface area contributed by atoms with Crippen LogP contribution in [0.25, 0.3) is 0 Å². The maximum Gasteiger partial charge on any atom is 0.00572 e. The smallest absolute Gasteiger partial charge is 0.00572 e. The molecule has 0 aliphatic rings. The summed E-state index contributed by atoms with van der Waals surface area (Å²) in [6.07, 6.45) is 4.72. The third-order valence-electron chi connectivity index (χ3n) is 2.26. The van der Waals surface area contributed by atoms with E-state index in [4.69, 9.17) is 0 Å². The highest BCUT2D eigenvalue weighted by Crippen LogP contribution is 2.13. The molecule has 0 radical (unpaired) electrons. The molecular weight excluding hydrogens is 208 g/mol. The molecule has 0 aliphatic heterocycles. The van der Waals surface area contributed by atoms with Crippen LogP contribution >= 0.6 is 25.3 Å². The molecule has 0 N–H and O–H groups in total. The molecular formula is C12H18S2. The minimum Gasteiger partial charge on any atom is -0.179 e. The highest BCUT2D eigenvalue weighted by atomic mass is 32.1. The van der Waals surface area contributed by atoms with Crippen LogP contribution in [0.4, 0.5) is 0 Å². The van der Waals surface area contributed by atoms with Gasteiger partial charge in [0, 0.05) is 5.25 Å². The summed E-state index contributed by atoms with van der Waals surface area (Å²) >= 11 is 8.79. The Hall–Kier alpha value is -0.0800. The van der Waals surface area contributed by atoms with Crippen molar-refractivity contribution < 1.29 is 0 Å². The van der Waals surface area contributed by atoms with Crippen molar-refractivity contribution in [2.75, 3.05) is 5.75 Å². The second kappa shape index (κ2) is 7.24. The Morgan fingerprint density at radius 3 is 2.43 bits per heavy atom. The molecule has 1 rings (SSSR count). The lowest BCUT2D eigenvalue weighted by atomic mass is 10.1. The van der Waals surface area contributed by atoms with Gasteiger partial charge in [-0.3, -0.25) is 0 Å². The quantitative estimate of drug-likeness (QED) is 0.537. The van der Waals surface area contributed by atoms with Crippen LogP contribution in [0.1, 0.15) is 24.8 Å². The van der Waals surface area contributed by atoms with E-state index in [1.807, 2.05) is 0 Å². The van der Waals surface area contributed by atoms with Gasteiger partial charge in [0.25, 0.3) is 0 Å². The monoisotopic (exact) mass is 226 g/mol. The molecule has 0 aromatic heterocycles. The van der Waals surface area contributed by atoms with Crippen LogP contribution in [-0.2, 0) is 6.42 Å². The van der Waals surface area contributed by atoms with Crippen LogP contribution in [0.3, 0.4) is 0 Å². The van der Waals surface area contributed by atoms with Crippen molar-refractivity contribution in [2.24, 2.45) is 0 Å². The van der Waals surface area contributed by atoms with Gasteiger partial charge < -0.3 is 0 Å². The standard InChI is InChI=1S/C12H18S2/c13-9-5-4-8-12(14)10-11-6-2-1-3-7-11/h1-3,6-7,12-14H,4-5,8-10H2. The first-order valence-corrected chi connectivity index (χ1v) is 6.30. The van der Waals surface area contributed by atoms with Crippen LogP contribution in [0.15, 0.2) is 30.3 Å². The van der Waals surface area contributed by atoms with Crippen molar-refractivity contribution in [3.05, 3.63) is 35.9 Å². The van der Waals surface area contributed by atoms with Crippen molar-refractivity contribution >= 4 is 25.3 Å². The summed E-state index contributed by atoms with van der Waals surface area (Å²) in [5.41, 5.74) is 1.39. The zero-order valence-corrected chi connectivity index (χ0v) is 10.2. The fraction of sp³-hybridized carbons (Fsp3) is 0.500. The predicted octanol–water partition coefficient (Wildman–Crippen LogP) is 3.63. The molecule has 0 saturated heterocycles. The molecule has 1 atom stereocenters. The first-order valence-electron chi connectivity index (χ1n) is 5.16. The van der Waals surface area contributed by atoms with E-state index < -0.39 is 0 Å². The van der Waals surface area contributed by atoms with Crippen molar-refractivity contribution in [3.63, 3.8) is 0 Å². The normalized spacial score (nSPS) is 12.7. The summed E-state index contributed by atoms with van der Waals surface area (Å²) < 4.78 is 0. The summed E-state index contributed by atoms with van der Waals surface area (Å²) in [4.78, 5) is 0. The second-order valence-corrected chi connectivity index (χ2v) is 4.74. The van der Waals surface area contributed by atoms with E-state index >= 15 is 0 Å². The van der Waals surface area contributed by atoms with E-state index in [9.17, 15) is 0 Å². The molecule has 0 heterocycles. The lowest BCUT2D eigenvalue weighted by molar-refractivity contribution is 0.687. The number of thiol groups is 2. The van der Waals surface area contributed by atoms with E-state index in [2.05, 4.69) is 55.6 Å². The van der Waals surface area contributed by atoms with Gasteiger partial charge >= 0.3 is 0 Å². The fourth-order valence-electron chi connectivity index (χ4n) is 1.48. The average molecular weight is 226 g/mol. The Balaban J connectivity index is 2.23. The largest absolute Gasteiger partial charge is 0.179 e. The third kappa shape index (κ3) is 4.97. The zero-order valence-electron chi connectivity index (χ0n) is 8.39. The number of unbranched alkanes of at least 4 members (excludes halogenated alkanes) is 1. The fourth-order valence-corrected chi connectivity index (χ4v) is 2.10. The molecule has 1 aromatic carbocycles. The van der Waals surface area contributed by atoms with Gasteiger partial charge in [-0.05, 0) is 30.6 Å². The highest BCUT2D eigenvalue weighted by Gasteiger charge is 2.03. The van der Waals surface area contributed by atoms with Crippen molar-refractivity contribution in [3.8, 4) is 0 Å². The molecule has 0 fully saturated rings. The summed E-state index contributed by atoms with van der Waals surface area (Å²) in [6, 6.07) is 10.6. The van der Waals surface area contributed by atoms with E-state index in [0.29, 0.717) is 5.25 Å². The Morgan fingerprint density at radius 2 is 1.79 bits per heavy atom. The van der Waals surface area contributed by atoms with Crippen molar-refractivity contribution in [2.45, 2.75) is 30.9 Å². The van der Waals surface area contributed by atoms with Crippen LogP contribution in [-0.4, -0.2) is 11.0 Å². The van der Waals surface area contributed by atoms with Gasteiger partial charge in [-0.1, -0.05) is 36.8 Å². The number of rotatable bonds is 6. The maximum atomic E-state index is 4.59. The van der Waals surface area contributed by atoms with Crippen LogP contribution in [0.2, 0.25) is 0 Å². The van der Waals surface area contributed by atoms with Crippen LogP contribution in [0, 0.1) is 0 Å². The van der Waals surface area contributed by atoms with E-state index in [0.717, 1.165) is 12.2 Å². The van der Waals surface area contributed by atoms with Gasteiger partial charge in [-0.15, -0.1) is 0 Å². The van der Waals surface area contributed by atoms with E-state index in [-0.39, 0.29) is 0 Å². The zero-order chi connectivity index (χ0) is 10.2. The van der Waals surface area contributed by atoms with Gasteiger partial charge in [-0.2, -0.15) is 25.3 Å². The van der Waals surface area contributed by atoms with Crippen LogP contribution < -0.4 is 0 Å². The van der Waals surface area contributed by atoms with Gasteiger partial charge in [0.1, 0.15) is 0 Å². The first-order chi connectivity index (χ1) is 6.83. The molecule has 1 unspecified atom stereocenters. The van der Waals surface area contributed by atoms with Crippen molar-refractivity contribution in [1.29, 1.82) is 0 Å². The van der Waals surface area contributed by atoms with Gasteiger partial charge in [0.15, 0.2) is 0 Å². The third-order valence-corrected chi connectivity index (χ3v) is 3.02. The second-order valence-electron chi connectivity index (χ2n) is 3.56. The number of benzene rings is 1. The minimum absolute atomic E-state index is 0.497. The lowest BCUT2D eigenvalue weighted by Crippen LogP contribution is -2.03. The Bertz CT molecular complexity index is 233. The minimum atomic E-state index is 0.497. The predicted molar refractivity (Wildman–Crippen MR) is 70.6 cm³/mol. The molecule has 0 bridgehead atoms. The van der Waals surface area contributed by atoms with Gasteiger partial charge in [-0.25, -0.2) is 0 Å². The molecule has 2 heteroatoms. The summed E-state index contributed by atoms with van der Waals surface area (Å²) in [6.45, 7) is 0. The first kappa shape index (κ1) is 12.0. The summed E-state index contributed by atoms with van der Waals surface area (Å²) in [5.74, 6) is 0.992.